The topological polar surface area (TPSA) is 39.1 Å². The van der Waals surface area contributed by atoms with Crippen LogP contribution in [0.4, 0.5) is 0 Å². The van der Waals surface area contributed by atoms with Gasteiger partial charge in [-0.25, -0.2) is 0 Å². The highest BCUT2D eigenvalue weighted by Crippen LogP contribution is 1.87. The zero-order chi connectivity index (χ0) is 6.53. The van der Waals surface area contributed by atoms with Crippen molar-refractivity contribution in [2.45, 2.75) is 0 Å². The van der Waals surface area contributed by atoms with Crippen molar-refractivity contribution in [2.24, 2.45) is 0 Å². The number of nitrogens with one attached hydrogen (secondary N) is 2. The molecule has 1 saturated heterocycles. The standard InChI is InChI=1S/C6H13N3/c7-1-4-9-5-2-8-3-6-9/h1,7-8H,2-6H2. The highest BCUT2D eigenvalue weighted by Gasteiger charge is 2.05. The Labute approximate surface area is 55.6 Å². The summed E-state index contributed by atoms with van der Waals surface area (Å²) in [7, 11) is 0. The maximum absolute atomic E-state index is 6.85. The van der Waals surface area contributed by atoms with E-state index in [0.717, 1.165) is 32.7 Å². The van der Waals surface area contributed by atoms with E-state index in [1.807, 2.05) is 0 Å². The Morgan fingerprint density at radius 2 is 2.11 bits per heavy atom. The average molecular weight is 127 g/mol. The zero-order valence-corrected chi connectivity index (χ0v) is 5.56. The molecule has 0 aromatic heterocycles. The van der Waals surface area contributed by atoms with Gasteiger partial charge in [-0.3, -0.25) is 4.90 Å². The molecule has 9 heavy (non-hydrogen) atoms. The van der Waals surface area contributed by atoms with E-state index >= 15 is 0 Å². The van der Waals surface area contributed by atoms with Gasteiger partial charge in [-0.05, 0) is 0 Å². The number of rotatable bonds is 2. The highest BCUT2D eigenvalue weighted by atomic mass is 15.2. The largest absolute Gasteiger partial charge is 0.314 e. The van der Waals surface area contributed by atoms with Gasteiger partial charge in [0.25, 0.3) is 0 Å². The van der Waals surface area contributed by atoms with Crippen LogP contribution in [-0.4, -0.2) is 43.8 Å². The van der Waals surface area contributed by atoms with Crippen LogP contribution in [0, 0.1) is 5.41 Å². The lowest BCUT2D eigenvalue weighted by Crippen LogP contribution is -2.43. The Balaban J connectivity index is 2.15. The molecule has 0 amide bonds. The summed E-state index contributed by atoms with van der Waals surface area (Å²) < 4.78 is 0. The molecule has 1 fully saturated rings. The summed E-state index contributed by atoms with van der Waals surface area (Å²) in [6.45, 7) is 5.16. The molecule has 3 nitrogen and oxygen atoms in total. The van der Waals surface area contributed by atoms with Crippen molar-refractivity contribution in [3.8, 4) is 0 Å². The summed E-state index contributed by atoms with van der Waals surface area (Å²) >= 11 is 0. The first kappa shape index (κ1) is 6.71. The predicted octanol–water partition coefficient (Wildman–Crippen LogP) is -0.459. The molecule has 0 spiro atoms. The van der Waals surface area contributed by atoms with Crippen molar-refractivity contribution in [3.63, 3.8) is 0 Å². The van der Waals surface area contributed by atoms with Crippen LogP contribution in [0.15, 0.2) is 0 Å². The third kappa shape index (κ3) is 2.11. The third-order valence-corrected chi connectivity index (χ3v) is 1.56. The van der Waals surface area contributed by atoms with Gasteiger partial charge in [0.1, 0.15) is 0 Å². The van der Waals surface area contributed by atoms with Crippen molar-refractivity contribution in [1.29, 1.82) is 5.41 Å². The monoisotopic (exact) mass is 127 g/mol. The van der Waals surface area contributed by atoms with Crippen LogP contribution >= 0.6 is 0 Å². The average Bonchev–Trinajstić information content (AvgIpc) is 1.91. The molecule has 52 valence electrons. The molecule has 0 aromatic carbocycles. The van der Waals surface area contributed by atoms with E-state index in [2.05, 4.69) is 10.2 Å². The fourth-order valence-electron chi connectivity index (χ4n) is 1.02. The van der Waals surface area contributed by atoms with Gasteiger partial charge in [0.05, 0.1) is 0 Å². The molecule has 1 aliphatic rings. The first-order valence-electron chi connectivity index (χ1n) is 3.35. The lowest BCUT2D eigenvalue weighted by atomic mass is 10.4. The zero-order valence-electron chi connectivity index (χ0n) is 5.56. The molecule has 0 unspecified atom stereocenters. The van der Waals surface area contributed by atoms with Gasteiger partial charge >= 0.3 is 0 Å². The number of nitrogens with zero attached hydrogens (tertiary/aromatic N) is 1. The summed E-state index contributed by atoms with van der Waals surface area (Å²) in [5.74, 6) is 0. The minimum absolute atomic E-state index is 0.821. The van der Waals surface area contributed by atoms with Crippen LogP contribution in [0.5, 0.6) is 0 Å². The van der Waals surface area contributed by atoms with Crippen molar-refractivity contribution >= 4 is 6.21 Å². The first-order chi connectivity index (χ1) is 4.43. The van der Waals surface area contributed by atoms with Gasteiger partial charge in [0, 0.05) is 38.9 Å². The maximum Gasteiger partial charge on any atom is 0.0331 e. The molecule has 0 radical (unpaired) electrons. The minimum atomic E-state index is 0.821. The van der Waals surface area contributed by atoms with Crippen LogP contribution in [0.3, 0.4) is 0 Å². The van der Waals surface area contributed by atoms with Crippen molar-refractivity contribution in [1.82, 2.24) is 10.2 Å². The molecule has 1 heterocycles. The normalized spacial score (nSPS) is 21.8. The van der Waals surface area contributed by atoms with Gasteiger partial charge in [-0.1, -0.05) is 0 Å². The molecule has 0 aliphatic carbocycles. The molecule has 1 aliphatic heterocycles. The second-order valence-corrected chi connectivity index (χ2v) is 2.25. The molecular formula is C6H13N3. The van der Waals surface area contributed by atoms with Crippen molar-refractivity contribution in [2.75, 3.05) is 32.7 Å². The Kier molecular flexibility index (Phi) is 2.67. The smallest absolute Gasteiger partial charge is 0.0331 e. The summed E-state index contributed by atoms with van der Waals surface area (Å²) in [5, 5.41) is 10.1. The predicted molar refractivity (Wildman–Crippen MR) is 38.1 cm³/mol. The van der Waals surface area contributed by atoms with Crippen LogP contribution in [0.2, 0.25) is 0 Å². The summed E-state index contributed by atoms with van der Waals surface area (Å²) in [6.07, 6.45) is 1.46. The Hall–Kier alpha value is -0.410. The van der Waals surface area contributed by atoms with Gasteiger partial charge < -0.3 is 10.7 Å². The fraction of sp³-hybridized carbons (Fsp3) is 0.833. The van der Waals surface area contributed by atoms with E-state index in [-0.39, 0.29) is 0 Å². The van der Waals surface area contributed by atoms with E-state index in [9.17, 15) is 0 Å². The lowest BCUT2D eigenvalue weighted by Gasteiger charge is -2.25. The number of hydrogen-bond acceptors (Lipinski definition) is 3. The SMILES string of the molecule is N=CCN1CCNCC1. The van der Waals surface area contributed by atoms with Gasteiger partial charge in [-0.2, -0.15) is 0 Å². The second kappa shape index (κ2) is 3.58. The van der Waals surface area contributed by atoms with Crippen molar-refractivity contribution in [3.05, 3.63) is 0 Å². The number of hydrogen-bond donors (Lipinski definition) is 2. The van der Waals surface area contributed by atoms with Gasteiger partial charge in [0.15, 0.2) is 0 Å². The van der Waals surface area contributed by atoms with Crippen LogP contribution in [-0.2, 0) is 0 Å². The van der Waals surface area contributed by atoms with Crippen LogP contribution in [0.1, 0.15) is 0 Å². The molecule has 1 rings (SSSR count). The molecular weight excluding hydrogens is 114 g/mol. The summed E-state index contributed by atoms with van der Waals surface area (Å²) in [4.78, 5) is 2.27. The maximum atomic E-state index is 6.85. The highest BCUT2D eigenvalue weighted by molar-refractivity contribution is 5.55. The third-order valence-electron chi connectivity index (χ3n) is 1.56. The number of piperazine rings is 1. The van der Waals surface area contributed by atoms with E-state index in [4.69, 9.17) is 5.41 Å². The quantitative estimate of drug-likeness (QED) is 0.493. The first-order valence-corrected chi connectivity index (χ1v) is 3.35. The van der Waals surface area contributed by atoms with E-state index in [1.165, 1.54) is 6.21 Å². The summed E-state index contributed by atoms with van der Waals surface area (Å²) in [6, 6.07) is 0. The Morgan fingerprint density at radius 3 is 2.67 bits per heavy atom. The lowest BCUT2D eigenvalue weighted by molar-refractivity contribution is 0.273. The molecule has 3 heteroatoms. The molecule has 0 saturated carbocycles. The summed E-state index contributed by atoms with van der Waals surface area (Å²) in [5.41, 5.74) is 0. The van der Waals surface area contributed by atoms with Crippen LogP contribution < -0.4 is 5.32 Å². The molecule has 0 aromatic rings. The minimum Gasteiger partial charge on any atom is -0.314 e. The Bertz CT molecular complexity index is 86.3. The second-order valence-electron chi connectivity index (χ2n) is 2.25. The molecule has 0 atom stereocenters. The van der Waals surface area contributed by atoms with E-state index in [1.54, 1.807) is 0 Å². The van der Waals surface area contributed by atoms with E-state index in [0.29, 0.717) is 0 Å². The fourth-order valence-corrected chi connectivity index (χ4v) is 1.02. The molecule has 0 bridgehead atoms. The van der Waals surface area contributed by atoms with Crippen LogP contribution in [0.25, 0.3) is 0 Å². The van der Waals surface area contributed by atoms with Gasteiger partial charge in [0.2, 0.25) is 0 Å². The van der Waals surface area contributed by atoms with E-state index < -0.39 is 0 Å². The van der Waals surface area contributed by atoms with Gasteiger partial charge in [-0.15, -0.1) is 0 Å². The Morgan fingerprint density at radius 1 is 1.44 bits per heavy atom. The van der Waals surface area contributed by atoms with Crippen molar-refractivity contribution < 1.29 is 0 Å². The molecule has 2 N–H and O–H groups in total.